The zero-order valence-corrected chi connectivity index (χ0v) is 50.7. The van der Waals surface area contributed by atoms with Gasteiger partial charge in [0.05, 0.1) is 32.3 Å². The first-order chi connectivity index (χ1) is 30.5. The first kappa shape index (κ1) is 62.6. The van der Waals surface area contributed by atoms with Crippen molar-refractivity contribution in [2.45, 2.75) is 156 Å². The Morgan fingerprint density at radius 1 is 0.229 bits per heavy atom. The van der Waals surface area contributed by atoms with Crippen molar-refractivity contribution in [3.8, 4) is 0 Å². The third-order valence-electron chi connectivity index (χ3n) is 16.9. The minimum absolute atomic E-state index is 0. The van der Waals surface area contributed by atoms with Gasteiger partial charge in [0.15, 0.2) is 46.5 Å². The molecular formula is C48H60BF16KSi4. The summed E-state index contributed by atoms with van der Waals surface area (Å²) in [7, 11) is -16.1. The molecule has 0 saturated carbocycles. The van der Waals surface area contributed by atoms with Gasteiger partial charge in [-0.3, -0.25) is 0 Å². The molecule has 0 saturated heterocycles. The van der Waals surface area contributed by atoms with E-state index in [0.717, 1.165) is 0 Å². The molecule has 0 bridgehead atoms. The summed E-state index contributed by atoms with van der Waals surface area (Å²) in [6, 6.07) is 0. The van der Waals surface area contributed by atoms with Gasteiger partial charge in [0.1, 0.15) is 52.7 Å². The normalized spacial score (nSPS) is 13.9. The van der Waals surface area contributed by atoms with Crippen LogP contribution in [0.25, 0.3) is 0 Å². The summed E-state index contributed by atoms with van der Waals surface area (Å²) < 4.78 is 280. The van der Waals surface area contributed by atoms with Gasteiger partial charge >= 0.3 is 51.4 Å². The van der Waals surface area contributed by atoms with Gasteiger partial charge in [-0.25, -0.2) is 70.2 Å². The minimum atomic E-state index is -6.78. The molecule has 0 nitrogen and oxygen atoms in total. The van der Waals surface area contributed by atoms with Gasteiger partial charge in [-0.05, 0) is 20.2 Å². The molecule has 4 rings (SSSR count). The molecule has 0 unspecified atom stereocenters. The van der Waals surface area contributed by atoms with Crippen LogP contribution in [0.15, 0.2) is 0 Å². The summed E-state index contributed by atoms with van der Waals surface area (Å²) in [4.78, 5) is 0. The molecule has 22 heteroatoms. The Hall–Kier alpha value is -1.67. The molecule has 4 aromatic rings. The van der Waals surface area contributed by atoms with Crippen molar-refractivity contribution in [1.29, 1.82) is 0 Å². The predicted octanol–water partition coefficient (Wildman–Crippen LogP) is 9.16. The van der Waals surface area contributed by atoms with E-state index in [9.17, 15) is 0 Å². The van der Waals surface area contributed by atoms with E-state index in [0.29, 0.717) is 0 Å². The van der Waals surface area contributed by atoms with Crippen LogP contribution >= 0.6 is 0 Å². The fourth-order valence-corrected chi connectivity index (χ4v) is 16.9. The van der Waals surface area contributed by atoms with Crippen LogP contribution in [0.2, 0.25) is 72.5 Å². The fourth-order valence-electron chi connectivity index (χ4n) is 8.68. The Balaban J connectivity index is 0.0000130. The van der Waals surface area contributed by atoms with E-state index in [1.807, 2.05) is 0 Å². The molecule has 0 spiro atoms. The molecule has 0 radical (unpaired) electrons. The average molecular weight is 1100 g/mol. The summed E-state index contributed by atoms with van der Waals surface area (Å²) in [5, 5.41) is -10.7. The number of benzene rings is 4. The standard InChI is InChI=1S/C48H60BF16Si4.K/c1-45(2,3)66(13,14)41-33(58)25(50)21(26(51)34(41)59)49(22-27(52)35(60)42(36(61)28(22)53)67(15,16)46(4,5)6,23-29(54)37(62)43(38(63)30(23)55)68(17,18)47(7,8)9)24-31(56)39(64)44(40(65)32(24)57)69(19,20)48(10,11)12;/h1-20H3;/q-1;+1. The zero-order chi connectivity index (χ0) is 54.4. The maximum absolute atomic E-state index is 17.8. The maximum Gasteiger partial charge on any atom is 1.00 e. The summed E-state index contributed by atoms with van der Waals surface area (Å²) in [6.07, 6.45) is -6.78. The van der Waals surface area contributed by atoms with Crippen LogP contribution in [0.3, 0.4) is 0 Å². The Labute approximate surface area is 447 Å². The van der Waals surface area contributed by atoms with Crippen LogP contribution in [-0.2, 0) is 0 Å². The van der Waals surface area contributed by atoms with Gasteiger partial charge in [0.2, 0.25) is 0 Å². The second-order valence-electron chi connectivity index (χ2n) is 24.5. The van der Waals surface area contributed by atoms with Crippen molar-refractivity contribution >= 4 is 81.0 Å². The molecular weight excluding hydrogens is 1040 g/mol. The second-order valence-corrected chi connectivity index (χ2v) is 45.5. The van der Waals surface area contributed by atoms with Crippen molar-refractivity contribution in [1.82, 2.24) is 0 Å². The van der Waals surface area contributed by atoms with Crippen LogP contribution in [0.4, 0.5) is 70.2 Å². The Bertz CT molecular complexity index is 2300. The first-order valence-corrected chi connectivity index (χ1v) is 34.2. The average Bonchev–Trinajstić information content (AvgIpc) is 3.16. The second kappa shape index (κ2) is 19.2. The van der Waals surface area contributed by atoms with Gasteiger partial charge in [-0.2, -0.15) is 0 Å². The smallest absolute Gasteiger partial charge is 0.207 e. The maximum atomic E-state index is 17.8. The Kier molecular flexibility index (Phi) is 17.1. The fraction of sp³-hybridized carbons (Fsp3) is 0.500. The Morgan fingerprint density at radius 3 is 0.414 bits per heavy atom. The van der Waals surface area contributed by atoms with Gasteiger partial charge in [-0.15, -0.1) is 21.9 Å². The molecule has 70 heavy (non-hydrogen) atoms. The van der Waals surface area contributed by atoms with E-state index < -0.39 is 194 Å². The van der Waals surface area contributed by atoms with Crippen molar-refractivity contribution < 1.29 is 122 Å². The summed E-state index contributed by atoms with van der Waals surface area (Å²) in [6.45, 7) is 26.1. The number of rotatable bonds is 8. The van der Waals surface area contributed by atoms with Crippen LogP contribution in [0, 0.1) is 93.1 Å². The molecule has 384 valence electrons. The third kappa shape index (κ3) is 8.90. The van der Waals surface area contributed by atoms with Gasteiger partial charge in [0.25, 0.3) is 0 Å². The minimum Gasteiger partial charge on any atom is -0.207 e. The van der Waals surface area contributed by atoms with E-state index >= 15 is 70.2 Å². The van der Waals surface area contributed by atoms with Crippen molar-refractivity contribution in [3.05, 3.63) is 93.1 Å². The van der Waals surface area contributed by atoms with E-state index in [1.54, 1.807) is 0 Å². The summed E-state index contributed by atoms with van der Waals surface area (Å²) >= 11 is 0. The molecule has 0 aliphatic rings. The molecule has 0 heterocycles. The van der Waals surface area contributed by atoms with Gasteiger partial charge < -0.3 is 0 Å². The van der Waals surface area contributed by atoms with E-state index in [4.69, 9.17) is 0 Å². The molecule has 0 atom stereocenters. The van der Waals surface area contributed by atoms with Crippen LogP contribution in [0.1, 0.15) is 83.1 Å². The van der Waals surface area contributed by atoms with E-state index in [-0.39, 0.29) is 51.4 Å². The first-order valence-electron chi connectivity index (χ1n) is 22.2. The van der Waals surface area contributed by atoms with E-state index in [1.165, 1.54) is 135 Å². The third-order valence-corrected chi connectivity index (χ3v) is 38.7. The topological polar surface area (TPSA) is 0 Å². The van der Waals surface area contributed by atoms with Crippen LogP contribution < -0.4 is 94.0 Å². The van der Waals surface area contributed by atoms with E-state index in [2.05, 4.69) is 0 Å². The van der Waals surface area contributed by atoms with Crippen LogP contribution in [-0.4, -0.2) is 38.4 Å². The quantitative estimate of drug-likeness (QED) is 0.0940. The molecule has 0 aliphatic carbocycles. The summed E-state index contributed by atoms with van der Waals surface area (Å²) in [5.74, 6) is -44.3. The SMILES string of the molecule is CC(C)(C)[Si](C)(C)c1c(F)c(F)c([B-](c2c(F)c(F)c([Si](C)(C)C(C)(C)C)c(F)c2F)(c2c(F)c(F)c([Si](C)(C)C(C)(C)C)c(F)c2F)c2c(F)c(F)c([Si](C)(C)C(C)(C)C)c(F)c2F)c(F)c1F.[K+]. The number of hydrogen-bond acceptors (Lipinski definition) is 0. The molecule has 0 aliphatic heterocycles. The molecule has 0 aromatic heterocycles. The zero-order valence-electron chi connectivity index (χ0n) is 43.6. The van der Waals surface area contributed by atoms with Crippen molar-refractivity contribution in [2.24, 2.45) is 0 Å². The molecule has 0 N–H and O–H groups in total. The molecule has 0 amide bonds. The molecule has 0 fully saturated rings. The predicted molar refractivity (Wildman–Crippen MR) is 257 cm³/mol. The monoisotopic (exact) mass is 1100 g/mol. The summed E-state index contributed by atoms with van der Waals surface area (Å²) in [5.41, 5.74) is -11.7. The van der Waals surface area contributed by atoms with Crippen LogP contribution in [0.5, 0.6) is 0 Å². The van der Waals surface area contributed by atoms with Crippen molar-refractivity contribution in [2.75, 3.05) is 0 Å². The van der Waals surface area contributed by atoms with Crippen molar-refractivity contribution in [3.63, 3.8) is 0 Å². The van der Waals surface area contributed by atoms with Gasteiger partial charge in [0, 0.05) is 20.7 Å². The largest absolute Gasteiger partial charge is 1.00 e. The van der Waals surface area contributed by atoms with Gasteiger partial charge in [-0.1, -0.05) is 135 Å². The molecule has 4 aromatic carbocycles. The number of hydrogen-bond donors (Lipinski definition) is 0. The number of halogens is 16. The Morgan fingerprint density at radius 2 is 0.329 bits per heavy atom.